The molecule has 2 N–H and O–H groups in total. The van der Waals surface area contributed by atoms with E-state index in [1.807, 2.05) is 30.3 Å². The van der Waals surface area contributed by atoms with Gasteiger partial charge in [-0.15, -0.1) is 0 Å². The summed E-state index contributed by atoms with van der Waals surface area (Å²) in [5, 5.41) is 6.31. The number of aromatic nitrogens is 2. The summed E-state index contributed by atoms with van der Waals surface area (Å²) >= 11 is 6.07. The van der Waals surface area contributed by atoms with Gasteiger partial charge in [0.15, 0.2) is 0 Å². The molecule has 3 rings (SSSR count). The van der Waals surface area contributed by atoms with Crippen LogP contribution < -0.4 is 10.6 Å². The van der Waals surface area contributed by atoms with Gasteiger partial charge in [-0.25, -0.2) is 4.98 Å². The summed E-state index contributed by atoms with van der Waals surface area (Å²) in [5.41, 5.74) is 1.11. The molecule has 2 aromatic heterocycles. The van der Waals surface area contributed by atoms with Crippen molar-refractivity contribution in [2.24, 2.45) is 0 Å². The highest BCUT2D eigenvalue weighted by atomic mass is 35.5. The van der Waals surface area contributed by atoms with E-state index in [-0.39, 0.29) is 5.91 Å². The second-order valence-corrected chi connectivity index (χ2v) is 7.54. The highest BCUT2D eigenvalue weighted by Crippen LogP contribution is 2.28. The van der Waals surface area contributed by atoms with E-state index in [1.54, 1.807) is 25.2 Å². The molecule has 0 fully saturated rings. The van der Waals surface area contributed by atoms with Crippen LogP contribution in [0.3, 0.4) is 0 Å². The number of aryl methyl sites for hydroxylation is 1. The number of hydrogen-bond donors (Lipinski definition) is 2. The molecule has 0 saturated heterocycles. The van der Waals surface area contributed by atoms with Crippen LogP contribution >= 0.6 is 11.6 Å². The number of likely N-dealkylation sites (N-methyl/N-ethyl adjacent to an activating group) is 1. The smallest absolute Gasteiger partial charge is 0.358 e. The summed E-state index contributed by atoms with van der Waals surface area (Å²) in [6.07, 6.45) is -2.38. The first-order valence-corrected chi connectivity index (χ1v) is 10.3. The number of benzene rings is 1. The molecule has 0 saturated carbocycles. The molecule has 168 valence electrons. The Balaban J connectivity index is 1.84. The third-order valence-electron chi connectivity index (χ3n) is 4.94. The largest absolute Gasteiger partial charge is 0.433 e. The lowest BCUT2D eigenvalue weighted by Gasteiger charge is -2.25. The van der Waals surface area contributed by atoms with Gasteiger partial charge in [0.05, 0.1) is 11.7 Å². The Morgan fingerprint density at radius 2 is 1.81 bits per heavy atom. The summed E-state index contributed by atoms with van der Waals surface area (Å²) in [7, 11) is 1.56. The van der Waals surface area contributed by atoms with E-state index in [4.69, 9.17) is 11.6 Å². The van der Waals surface area contributed by atoms with E-state index in [2.05, 4.69) is 20.6 Å². The van der Waals surface area contributed by atoms with Gasteiger partial charge in [0.25, 0.3) is 0 Å². The molecule has 0 aliphatic heterocycles. The van der Waals surface area contributed by atoms with Crippen molar-refractivity contribution < 1.29 is 18.0 Å². The van der Waals surface area contributed by atoms with Crippen molar-refractivity contribution in [3.63, 3.8) is 0 Å². The normalized spacial score (nSPS) is 13.4. The molecule has 0 spiro atoms. The van der Waals surface area contributed by atoms with Crippen molar-refractivity contribution in [2.45, 2.75) is 31.1 Å². The summed E-state index contributed by atoms with van der Waals surface area (Å²) in [6.45, 7) is 0. The molecule has 5 nitrogen and oxygen atoms in total. The van der Waals surface area contributed by atoms with Crippen LogP contribution in [0.4, 0.5) is 13.2 Å². The number of amides is 1. The number of nitrogens with zero attached hydrogens (tertiary/aromatic N) is 2. The van der Waals surface area contributed by atoms with Crippen molar-refractivity contribution in [1.29, 1.82) is 0 Å². The van der Waals surface area contributed by atoms with Gasteiger partial charge in [-0.1, -0.05) is 54.1 Å². The number of halogens is 4. The average Bonchev–Trinajstić information content (AvgIpc) is 2.79. The van der Waals surface area contributed by atoms with Gasteiger partial charge >= 0.3 is 6.18 Å². The summed E-state index contributed by atoms with van der Waals surface area (Å²) in [4.78, 5) is 20.5. The van der Waals surface area contributed by atoms with E-state index in [0.29, 0.717) is 29.3 Å². The van der Waals surface area contributed by atoms with Crippen LogP contribution in [-0.2, 0) is 17.4 Å². The van der Waals surface area contributed by atoms with Crippen molar-refractivity contribution >= 4 is 17.5 Å². The van der Waals surface area contributed by atoms with E-state index >= 15 is 0 Å². The van der Waals surface area contributed by atoms with E-state index in [1.165, 1.54) is 12.3 Å². The number of hydrogen-bond acceptors (Lipinski definition) is 4. The maximum atomic E-state index is 12.8. The van der Waals surface area contributed by atoms with Crippen LogP contribution in [-0.4, -0.2) is 22.9 Å². The first kappa shape index (κ1) is 23.7. The Bertz CT molecular complexity index is 1030. The van der Waals surface area contributed by atoms with Gasteiger partial charge in [0, 0.05) is 13.2 Å². The predicted octanol–water partition coefficient (Wildman–Crippen LogP) is 4.90. The van der Waals surface area contributed by atoms with Gasteiger partial charge in [-0.3, -0.25) is 15.1 Å². The van der Waals surface area contributed by atoms with Crippen molar-refractivity contribution in [2.75, 3.05) is 7.05 Å². The molecule has 0 unspecified atom stereocenters. The fourth-order valence-electron chi connectivity index (χ4n) is 3.30. The molecular weight excluding hydrogens is 441 g/mol. The minimum Gasteiger partial charge on any atom is -0.358 e. The Labute approximate surface area is 189 Å². The Hall–Kier alpha value is -2.97. The molecule has 9 heteroatoms. The van der Waals surface area contributed by atoms with Gasteiger partial charge < -0.3 is 5.32 Å². The first-order valence-electron chi connectivity index (χ1n) is 9.95. The number of alkyl halides is 3. The zero-order chi connectivity index (χ0) is 23.1. The monoisotopic (exact) mass is 462 g/mol. The molecule has 0 aliphatic rings. The molecule has 0 bridgehead atoms. The lowest BCUT2D eigenvalue weighted by molar-refractivity contribution is -0.141. The molecular formula is C23H22ClF3N4O. The second-order valence-electron chi connectivity index (χ2n) is 7.15. The third-order valence-corrected chi connectivity index (χ3v) is 5.15. The van der Waals surface area contributed by atoms with Gasteiger partial charge in [-0.2, -0.15) is 13.2 Å². The Morgan fingerprint density at radius 3 is 2.41 bits per heavy atom. The average molecular weight is 463 g/mol. The molecule has 1 aromatic carbocycles. The molecule has 2 atom stereocenters. The number of pyridine rings is 2. The molecule has 32 heavy (non-hydrogen) atoms. The highest BCUT2D eigenvalue weighted by molar-refractivity contribution is 6.29. The SMILES string of the molecule is CNC(=O)[C@@H](N[C@H](CCc1ccc(C(F)(F)F)nc1)c1cccc(Cl)n1)c1ccccc1. The molecule has 2 heterocycles. The van der Waals surface area contributed by atoms with Crippen molar-refractivity contribution in [1.82, 2.24) is 20.6 Å². The van der Waals surface area contributed by atoms with Crippen LogP contribution in [0.1, 0.15) is 41.0 Å². The predicted molar refractivity (Wildman–Crippen MR) is 116 cm³/mol. The Morgan fingerprint density at radius 1 is 1.06 bits per heavy atom. The Kier molecular flexibility index (Phi) is 7.82. The van der Waals surface area contributed by atoms with E-state index in [0.717, 1.165) is 11.6 Å². The van der Waals surface area contributed by atoms with Crippen LogP contribution in [0.15, 0.2) is 66.9 Å². The summed E-state index contributed by atoms with van der Waals surface area (Å²) in [6, 6.07) is 15.8. The lowest BCUT2D eigenvalue weighted by Crippen LogP contribution is -2.38. The second kappa shape index (κ2) is 10.6. The highest BCUT2D eigenvalue weighted by Gasteiger charge is 2.32. The van der Waals surface area contributed by atoms with Crippen LogP contribution in [0.5, 0.6) is 0 Å². The molecule has 0 radical (unpaired) electrons. The first-order chi connectivity index (χ1) is 15.3. The maximum absolute atomic E-state index is 12.8. The number of carbonyl (C=O) groups excluding carboxylic acids is 1. The van der Waals surface area contributed by atoms with Crippen molar-refractivity contribution in [3.05, 3.63) is 94.5 Å². The van der Waals surface area contributed by atoms with Crippen LogP contribution in [0.25, 0.3) is 0 Å². The van der Waals surface area contributed by atoms with Crippen LogP contribution in [0.2, 0.25) is 5.15 Å². The summed E-state index contributed by atoms with van der Waals surface area (Å²) < 4.78 is 38.3. The number of nitrogens with one attached hydrogen (secondary N) is 2. The summed E-state index contributed by atoms with van der Waals surface area (Å²) in [5.74, 6) is -0.223. The van der Waals surface area contributed by atoms with Gasteiger partial charge in [-0.05, 0) is 42.2 Å². The molecule has 0 aliphatic carbocycles. The fraction of sp³-hybridized carbons (Fsp3) is 0.261. The molecule has 3 aromatic rings. The number of carbonyl (C=O) groups is 1. The fourth-order valence-corrected chi connectivity index (χ4v) is 3.47. The zero-order valence-corrected chi connectivity index (χ0v) is 18.0. The van der Waals surface area contributed by atoms with E-state index in [9.17, 15) is 18.0 Å². The van der Waals surface area contributed by atoms with Crippen LogP contribution in [0, 0.1) is 0 Å². The lowest BCUT2D eigenvalue weighted by atomic mass is 9.99. The quantitative estimate of drug-likeness (QED) is 0.467. The van der Waals surface area contributed by atoms with Gasteiger partial charge in [0.2, 0.25) is 5.91 Å². The zero-order valence-electron chi connectivity index (χ0n) is 17.2. The number of rotatable bonds is 8. The van der Waals surface area contributed by atoms with E-state index < -0.39 is 24.0 Å². The molecule has 1 amide bonds. The minimum absolute atomic E-state index is 0.223. The third kappa shape index (κ3) is 6.27. The van der Waals surface area contributed by atoms with Crippen molar-refractivity contribution in [3.8, 4) is 0 Å². The standard InChI is InChI=1S/C23H22ClF3N4O/c1-28-22(32)21(16-6-3-2-4-7-16)31-18(17-8-5-9-20(24)30-17)12-10-15-11-13-19(29-14-15)23(25,26)27/h2-9,11,13-14,18,21,31H,10,12H2,1H3,(H,28,32)/t18-,21+/m1/s1. The van der Waals surface area contributed by atoms with Gasteiger partial charge in [0.1, 0.15) is 16.9 Å². The topological polar surface area (TPSA) is 66.9 Å². The maximum Gasteiger partial charge on any atom is 0.433 e. The minimum atomic E-state index is -4.48.